The number of hydrogen-bond acceptors (Lipinski definition) is 3. The Bertz CT molecular complexity index is 677. The Balaban J connectivity index is 1.95. The zero-order chi connectivity index (χ0) is 15.0. The molecule has 1 aliphatic heterocycles. The van der Waals surface area contributed by atoms with Gasteiger partial charge in [-0.3, -0.25) is 0 Å². The van der Waals surface area contributed by atoms with Crippen LogP contribution in [-0.4, -0.2) is 33.3 Å². The summed E-state index contributed by atoms with van der Waals surface area (Å²) in [6.07, 6.45) is 2.42. The summed E-state index contributed by atoms with van der Waals surface area (Å²) in [5.41, 5.74) is 2.03. The molecule has 2 heterocycles. The third-order valence-electron chi connectivity index (χ3n) is 4.35. The third-order valence-corrected chi connectivity index (χ3v) is 4.35. The maximum absolute atomic E-state index is 11.0. The molecule has 5 heteroatoms. The number of aryl methyl sites for hydroxylation is 1. The maximum atomic E-state index is 11.0. The number of aromatic carboxylic acids is 1. The van der Waals surface area contributed by atoms with Gasteiger partial charge < -0.3 is 14.4 Å². The monoisotopic (exact) mass is 288 g/mol. The van der Waals surface area contributed by atoms with Crippen molar-refractivity contribution in [1.29, 1.82) is 0 Å². The molecule has 2 atom stereocenters. The lowest BCUT2D eigenvalue weighted by atomic mass is 9.99. The number of imidazole rings is 1. The number of fused-ring (bicyclic) bond motifs is 1. The largest absolute Gasteiger partial charge is 0.478 e. The van der Waals surface area contributed by atoms with Crippen LogP contribution in [0, 0.1) is 12.8 Å². The fraction of sp³-hybridized carbons (Fsp3) is 0.500. The molecule has 1 N–H and O–H groups in total. The Morgan fingerprint density at radius 1 is 1.52 bits per heavy atom. The van der Waals surface area contributed by atoms with Crippen LogP contribution >= 0.6 is 0 Å². The summed E-state index contributed by atoms with van der Waals surface area (Å²) in [6, 6.07) is 5.14. The van der Waals surface area contributed by atoms with Crippen LogP contribution in [0.2, 0.25) is 0 Å². The molecule has 21 heavy (non-hydrogen) atoms. The van der Waals surface area contributed by atoms with Gasteiger partial charge in [-0.1, -0.05) is 6.92 Å². The fourth-order valence-electron chi connectivity index (χ4n) is 3.20. The molecule has 0 bridgehead atoms. The van der Waals surface area contributed by atoms with Gasteiger partial charge in [-0.25, -0.2) is 9.78 Å². The molecule has 0 amide bonds. The van der Waals surface area contributed by atoms with Crippen LogP contribution in [0.4, 0.5) is 0 Å². The molecular formula is C16H20N2O3. The number of carbonyl (C=O) groups is 1. The number of hydrogen-bond donors (Lipinski definition) is 1. The van der Waals surface area contributed by atoms with E-state index >= 15 is 0 Å². The van der Waals surface area contributed by atoms with Gasteiger partial charge in [0.15, 0.2) is 0 Å². The molecule has 112 valence electrons. The highest BCUT2D eigenvalue weighted by Crippen LogP contribution is 2.27. The van der Waals surface area contributed by atoms with Crippen molar-refractivity contribution in [2.75, 3.05) is 6.61 Å². The van der Waals surface area contributed by atoms with Gasteiger partial charge in [-0.15, -0.1) is 0 Å². The van der Waals surface area contributed by atoms with Gasteiger partial charge in [0, 0.05) is 19.1 Å². The summed E-state index contributed by atoms with van der Waals surface area (Å²) in [5, 5.41) is 9.07. The molecule has 2 aromatic rings. The molecule has 0 radical (unpaired) electrons. The van der Waals surface area contributed by atoms with Gasteiger partial charge in [0.1, 0.15) is 5.82 Å². The number of ether oxygens (including phenoxy) is 1. The van der Waals surface area contributed by atoms with E-state index in [2.05, 4.69) is 16.5 Å². The van der Waals surface area contributed by atoms with E-state index in [1.54, 1.807) is 12.1 Å². The number of benzene rings is 1. The molecule has 1 aliphatic rings. The van der Waals surface area contributed by atoms with E-state index in [9.17, 15) is 4.79 Å². The molecule has 5 nitrogen and oxygen atoms in total. The lowest BCUT2D eigenvalue weighted by molar-refractivity contribution is 0.0697. The Morgan fingerprint density at radius 2 is 2.33 bits per heavy atom. The highest BCUT2D eigenvalue weighted by molar-refractivity contribution is 5.92. The molecule has 2 unspecified atom stereocenters. The number of carboxylic acid groups (broad SMARTS) is 1. The van der Waals surface area contributed by atoms with Gasteiger partial charge in [0.05, 0.1) is 22.7 Å². The molecule has 1 saturated heterocycles. The molecule has 3 rings (SSSR count). The number of aromatic nitrogens is 2. The predicted octanol–water partition coefficient (Wildman–Crippen LogP) is 2.86. The Morgan fingerprint density at radius 3 is 3.05 bits per heavy atom. The van der Waals surface area contributed by atoms with Crippen LogP contribution in [0.3, 0.4) is 0 Å². The van der Waals surface area contributed by atoms with Crippen molar-refractivity contribution >= 4 is 17.0 Å². The minimum Gasteiger partial charge on any atom is -0.478 e. The highest BCUT2D eigenvalue weighted by atomic mass is 16.5. The van der Waals surface area contributed by atoms with Crippen LogP contribution in [0.1, 0.15) is 35.9 Å². The lowest BCUT2D eigenvalue weighted by Gasteiger charge is -2.18. The van der Waals surface area contributed by atoms with Crippen molar-refractivity contribution < 1.29 is 14.6 Å². The summed E-state index contributed by atoms with van der Waals surface area (Å²) >= 11 is 0. The van der Waals surface area contributed by atoms with Gasteiger partial charge >= 0.3 is 5.97 Å². The number of nitrogens with zero attached hydrogens (tertiary/aromatic N) is 2. The predicted molar refractivity (Wildman–Crippen MR) is 79.6 cm³/mol. The topological polar surface area (TPSA) is 64.4 Å². The maximum Gasteiger partial charge on any atom is 0.335 e. The van der Waals surface area contributed by atoms with Crippen LogP contribution in [0.25, 0.3) is 11.0 Å². The second kappa shape index (κ2) is 5.48. The van der Waals surface area contributed by atoms with Crippen LogP contribution in [0.5, 0.6) is 0 Å². The Labute approximate surface area is 123 Å². The normalized spacial score (nSPS) is 22.0. The Hall–Kier alpha value is -1.88. The molecule has 0 aliphatic carbocycles. The van der Waals surface area contributed by atoms with Gasteiger partial charge in [-0.2, -0.15) is 0 Å². The van der Waals surface area contributed by atoms with E-state index in [-0.39, 0.29) is 5.56 Å². The quantitative estimate of drug-likeness (QED) is 0.939. The zero-order valence-electron chi connectivity index (χ0n) is 12.4. The second-order valence-electron chi connectivity index (χ2n) is 5.64. The van der Waals surface area contributed by atoms with Crippen molar-refractivity contribution in [3.63, 3.8) is 0 Å². The number of carboxylic acids is 1. The molecule has 1 aromatic heterocycles. The summed E-state index contributed by atoms with van der Waals surface area (Å²) in [4.78, 5) is 15.6. The summed E-state index contributed by atoms with van der Waals surface area (Å²) in [5.74, 6) is 0.513. The van der Waals surface area contributed by atoms with Gasteiger partial charge in [0.25, 0.3) is 0 Å². The van der Waals surface area contributed by atoms with Gasteiger partial charge in [-0.05, 0) is 38.0 Å². The van der Waals surface area contributed by atoms with E-state index in [1.807, 2.05) is 13.0 Å². The third kappa shape index (κ3) is 2.53. The van der Waals surface area contributed by atoms with Crippen LogP contribution in [0.15, 0.2) is 18.2 Å². The van der Waals surface area contributed by atoms with Crippen molar-refractivity contribution in [2.24, 2.45) is 5.92 Å². The average molecular weight is 288 g/mol. The summed E-state index contributed by atoms with van der Waals surface area (Å²) < 4.78 is 7.94. The molecule has 0 saturated carbocycles. The standard InChI is InChI=1S/C16H20N2O3/c1-3-15-12(6-7-21-15)9-18-10(2)17-13-8-11(16(19)20)4-5-14(13)18/h4-5,8,12,15H,3,6-7,9H2,1-2H3,(H,19,20). The summed E-state index contributed by atoms with van der Waals surface area (Å²) in [7, 11) is 0. The molecule has 1 fully saturated rings. The van der Waals surface area contributed by atoms with Crippen LogP contribution in [-0.2, 0) is 11.3 Å². The van der Waals surface area contributed by atoms with Crippen molar-refractivity contribution in [3.05, 3.63) is 29.6 Å². The molecule has 1 aromatic carbocycles. The molecular weight excluding hydrogens is 268 g/mol. The minimum atomic E-state index is -0.917. The minimum absolute atomic E-state index is 0.280. The van der Waals surface area contributed by atoms with E-state index in [0.717, 1.165) is 42.9 Å². The van der Waals surface area contributed by atoms with E-state index < -0.39 is 5.97 Å². The summed E-state index contributed by atoms with van der Waals surface area (Å²) in [6.45, 7) is 5.84. The SMILES string of the molecule is CCC1OCCC1Cn1c(C)nc2cc(C(=O)O)ccc21. The van der Waals surface area contributed by atoms with E-state index in [4.69, 9.17) is 9.84 Å². The first-order chi connectivity index (χ1) is 10.1. The first-order valence-electron chi connectivity index (χ1n) is 7.42. The Kier molecular flexibility index (Phi) is 3.68. The first-order valence-corrected chi connectivity index (χ1v) is 7.42. The van der Waals surface area contributed by atoms with E-state index in [0.29, 0.717) is 12.0 Å². The second-order valence-corrected chi connectivity index (χ2v) is 5.64. The lowest BCUT2D eigenvalue weighted by Crippen LogP contribution is -2.20. The highest BCUT2D eigenvalue weighted by Gasteiger charge is 2.27. The molecule has 0 spiro atoms. The van der Waals surface area contributed by atoms with Crippen molar-refractivity contribution in [3.8, 4) is 0 Å². The smallest absolute Gasteiger partial charge is 0.335 e. The van der Waals surface area contributed by atoms with Crippen LogP contribution < -0.4 is 0 Å². The number of rotatable bonds is 4. The van der Waals surface area contributed by atoms with E-state index in [1.165, 1.54) is 0 Å². The van der Waals surface area contributed by atoms with Crippen molar-refractivity contribution in [2.45, 2.75) is 39.3 Å². The zero-order valence-corrected chi connectivity index (χ0v) is 12.4. The average Bonchev–Trinajstić information content (AvgIpc) is 3.03. The van der Waals surface area contributed by atoms with Gasteiger partial charge in [0.2, 0.25) is 0 Å². The fourth-order valence-corrected chi connectivity index (χ4v) is 3.20. The van der Waals surface area contributed by atoms with Crippen molar-refractivity contribution in [1.82, 2.24) is 9.55 Å². The first kappa shape index (κ1) is 14.1.